The highest BCUT2D eigenvalue weighted by Crippen LogP contribution is 2.72. The van der Waals surface area contributed by atoms with Crippen LogP contribution in [0.3, 0.4) is 0 Å². The maximum absolute atomic E-state index is 2.45. The first-order chi connectivity index (χ1) is 4.60. The van der Waals surface area contributed by atoms with Gasteiger partial charge in [-0.3, -0.25) is 0 Å². The Morgan fingerprint density at radius 2 is 1.90 bits per heavy atom. The van der Waals surface area contributed by atoms with Crippen molar-refractivity contribution in [3.8, 4) is 0 Å². The highest BCUT2D eigenvalue weighted by molar-refractivity contribution is 5.12. The Balaban J connectivity index is 1.94. The summed E-state index contributed by atoms with van der Waals surface area (Å²) < 4.78 is 0. The molecule has 0 aliphatic heterocycles. The molecule has 0 N–H and O–H groups in total. The molecule has 0 saturated heterocycles. The average molecular weight is 138 g/mol. The van der Waals surface area contributed by atoms with Crippen LogP contribution < -0.4 is 0 Å². The molecule has 0 aromatic rings. The molecule has 0 heteroatoms. The van der Waals surface area contributed by atoms with E-state index in [2.05, 4.69) is 20.8 Å². The SMILES string of the molecule is CCC1(C)CC2(CC2C)C1. The summed E-state index contributed by atoms with van der Waals surface area (Å²) >= 11 is 0. The Bertz CT molecular complexity index is 145. The van der Waals surface area contributed by atoms with Crippen molar-refractivity contribution in [2.24, 2.45) is 16.7 Å². The van der Waals surface area contributed by atoms with Crippen molar-refractivity contribution < 1.29 is 0 Å². The molecule has 0 aromatic heterocycles. The third-order valence-electron chi connectivity index (χ3n) is 4.01. The first kappa shape index (κ1) is 6.69. The van der Waals surface area contributed by atoms with Gasteiger partial charge in [-0.05, 0) is 36.0 Å². The van der Waals surface area contributed by atoms with Crippen molar-refractivity contribution in [3.05, 3.63) is 0 Å². The smallest absolute Gasteiger partial charge is 0.0259 e. The minimum Gasteiger partial charge on any atom is -0.0649 e. The van der Waals surface area contributed by atoms with Crippen LogP contribution in [0, 0.1) is 16.7 Å². The largest absolute Gasteiger partial charge is 0.0649 e. The number of hydrogen-bond donors (Lipinski definition) is 0. The monoisotopic (exact) mass is 138 g/mol. The van der Waals surface area contributed by atoms with Gasteiger partial charge in [-0.25, -0.2) is 0 Å². The zero-order valence-electron chi connectivity index (χ0n) is 7.41. The van der Waals surface area contributed by atoms with E-state index in [-0.39, 0.29) is 0 Å². The van der Waals surface area contributed by atoms with Gasteiger partial charge in [-0.15, -0.1) is 0 Å². The summed E-state index contributed by atoms with van der Waals surface area (Å²) in [6.45, 7) is 7.19. The molecule has 0 aromatic carbocycles. The van der Waals surface area contributed by atoms with E-state index in [1.807, 2.05) is 0 Å². The second-order valence-corrected chi connectivity index (χ2v) is 4.99. The van der Waals surface area contributed by atoms with Crippen LogP contribution in [0.25, 0.3) is 0 Å². The van der Waals surface area contributed by atoms with Crippen LogP contribution in [0.5, 0.6) is 0 Å². The van der Waals surface area contributed by atoms with E-state index < -0.39 is 0 Å². The zero-order chi connectivity index (χ0) is 7.41. The first-order valence-electron chi connectivity index (χ1n) is 4.60. The Morgan fingerprint density at radius 1 is 1.40 bits per heavy atom. The highest BCUT2D eigenvalue weighted by Gasteiger charge is 2.62. The van der Waals surface area contributed by atoms with Gasteiger partial charge in [0.2, 0.25) is 0 Å². The van der Waals surface area contributed by atoms with E-state index in [1.165, 1.54) is 25.7 Å². The van der Waals surface area contributed by atoms with Crippen molar-refractivity contribution in [1.29, 1.82) is 0 Å². The lowest BCUT2D eigenvalue weighted by molar-refractivity contribution is 0.0405. The average Bonchev–Trinajstić information content (AvgIpc) is 2.41. The molecule has 1 unspecified atom stereocenters. The molecule has 1 atom stereocenters. The summed E-state index contributed by atoms with van der Waals surface area (Å²) in [5.41, 5.74) is 1.61. The zero-order valence-corrected chi connectivity index (χ0v) is 7.41. The maximum Gasteiger partial charge on any atom is -0.0259 e. The van der Waals surface area contributed by atoms with Crippen LogP contribution in [0.4, 0.5) is 0 Å². The Morgan fingerprint density at radius 3 is 2.20 bits per heavy atom. The number of hydrogen-bond acceptors (Lipinski definition) is 0. The lowest BCUT2D eigenvalue weighted by atomic mass is 9.59. The van der Waals surface area contributed by atoms with Gasteiger partial charge < -0.3 is 0 Å². The molecule has 1 spiro atoms. The molecular formula is C10H18. The highest BCUT2D eigenvalue weighted by atomic mass is 14.7. The van der Waals surface area contributed by atoms with E-state index in [4.69, 9.17) is 0 Å². The van der Waals surface area contributed by atoms with Crippen LogP contribution in [0.15, 0.2) is 0 Å². The predicted octanol–water partition coefficient (Wildman–Crippen LogP) is 3.22. The fourth-order valence-electron chi connectivity index (χ4n) is 2.94. The van der Waals surface area contributed by atoms with E-state index in [1.54, 1.807) is 0 Å². The molecule has 2 fully saturated rings. The van der Waals surface area contributed by atoms with Crippen LogP contribution in [0.1, 0.15) is 46.5 Å². The van der Waals surface area contributed by atoms with Gasteiger partial charge in [0, 0.05) is 0 Å². The van der Waals surface area contributed by atoms with Gasteiger partial charge in [0.05, 0.1) is 0 Å². The van der Waals surface area contributed by atoms with E-state index in [9.17, 15) is 0 Å². The summed E-state index contributed by atoms with van der Waals surface area (Å²) in [5, 5.41) is 0. The minimum absolute atomic E-state index is 0.741. The third-order valence-corrected chi connectivity index (χ3v) is 4.01. The van der Waals surface area contributed by atoms with Crippen molar-refractivity contribution in [2.75, 3.05) is 0 Å². The standard InChI is InChI=1S/C10H18/c1-4-9(3)6-10(7-9)5-8(10)2/h8H,4-7H2,1-3H3. The topological polar surface area (TPSA) is 0 Å². The van der Waals surface area contributed by atoms with Gasteiger partial charge in [-0.1, -0.05) is 27.2 Å². The van der Waals surface area contributed by atoms with Crippen LogP contribution in [0.2, 0.25) is 0 Å². The molecule has 2 saturated carbocycles. The molecule has 0 bridgehead atoms. The Labute approximate surface area is 64.0 Å². The van der Waals surface area contributed by atoms with Gasteiger partial charge in [0.25, 0.3) is 0 Å². The van der Waals surface area contributed by atoms with Gasteiger partial charge in [0.15, 0.2) is 0 Å². The quantitative estimate of drug-likeness (QED) is 0.522. The predicted molar refractivity (Wildman–Crippen MR) is 43.8 cm³/mol. The van der Waals surface area contributed by atoms with Crippen LogP contribution in [-0.4, -0.2) is 0 Å². The lowest BCUT2D eigenvalue weighted by Gasteiger charge is -2.46. The summed E-state index contributed by atoms with van der Waals surface area (Å²) in [7, 11) is 0. The molecule has 2 aliphatic carbocycles. The second kappa shape index (κ2) is 1.60. The normalized spacial score (nSPS) is 58.5. The molecular weight excluding hydrogens is 120 g/mol. The van der Waals surface area contributed by atoms with E-state index in [0.717, 1.165) is 16.7 Å². The summed E-state index contributed by atoms with van der Waals surface area (Å²) in [6.07, 6.45) is 5.97. The fourth-order valence-corrected chi connectivity index (χ4v) is 2.94. The van der Waals surface area contributed by atoms with Crippen molar-refractivity contribution >= 4 is 0 Å². The molecule has 2 rings (SSSR count). The van der Waals surface area contributed by atoms with E-state index >= 15 is 0 Å². The van der Waals surface area contributed by atoms with Crippen LogP contribution in [-0.2, 0) is 0 Å². The Kier molecular flexibility index (Phi) is 1.07. The Hall–Kier alpha value is 0. The molecule has 0 heterocycles. The molecule has 58 valence electrons. The van der Waals surface area contributed by atoms with Gasteiger partial charge in [-0.2, -0.15) is 0 Å². The lowest BCUT2D eigenvalue weighted by Crippen LogP contribution is -2.36. The van der Waals surface area contributed by atoms with Crippen LogP contribution >= 0.6 is 0 Å². The summed E-state index contributed by atoms with van der Waals surface area (Å²) in [6, 6.07) is 0. The molecule has 0 nitrogen and oxygen atoms in total. The molecule has 10 heavy (non-hydrogen) atoms. The molecule has 2 aliphatic rings. The summed E-state index contributed by atoms with van der Waals surface area (Å²) in [4.78, 5) is 0. The minimum atomic E-state index is 0.741. The third kappa shape index (κ3) is 0.681. The van der Waals surface area contributed by atoms with Gasteiger partial charge in [0.1, 0.15) is 0 Å². The fraction of sp³-hybridized carbons (Fsp3) is 1.00. The number of rotatable bonds is 1. The second-order valence-electron chi connectivity index (χ2n) is 4.99. The maximum atomic E-state index is 2.45. The first-order valence-corrected chi connectivity index (χ1v) is 4.60. The molecule has 0 radical (unpaired) electrons. The van der Waals surface area contributed by atoms with Crippen molar-refractivity contribution in [3.63, 3.8) is 0 Å². The van der Waals surface area contributed by atoms with Crippen molar-refractivity contribution in [1.82, 2.24) is 0 Å². The van der Waals surface area contributed by atoms with Gasteiger partial charge >= 0.3 is 0 Å². The molecule has 0 amide bonds. The van der Waals surface area contributed by atoms with E-state index in [0.29, 0.717) is 0 Å². The van der Waals surface area contributed by atoms with Crippen molar-refractivity contribution in [2.45, 2.75) is 46.5 Å². The summed E-state index contributed by atoms with van der Waals surface area (Å²) in [5.74, 6) is 1.06.